The molecule has 3 aromatic rings. The monoisotopic (exact) mass is 331 g/mol. The van der Waals surface area contributed by atoms with Crippen LogP contribution in [0.15, 0.2) is 72.4 Å². The second kappa shape index (κ2) is 7.18. The number of aromatic nitrogens is 2. The molecule has 4 nitrogen and oxygen atoms in total. The summed E-state index contributed by atoms with van der Waals surface area (Å²) in [4.78, 5) is 12.3. The predicted octanol–water partition coefficient (Wildman–Crippen LogP) is 4.69. The first-order chi connectivity index (χ1) is 12.0. The second-order valence-corrected chi connectivity index (χ2v) is 6.04. The summed E-state index contributed by atoms with van der Waals surface area (Å²) in [6, 6.07) is 19.2. The number of nitrogens with one attached hydrogen (secondary N) is 1. The fourth-order valence-electron chi connectivity index (χ4n) is 2.77. The van der Waals surface area contributed by atoms with Crippen molar-refractivity contribution in [1.29, 1.82) is 0 Å². The highest BCUT2D eigenvalue weighted by Gasteiger charge is 2.09. The first-order valence-corrected chi connectivity index (χ1v) is 8.22. The molecule has 3 rings (SSSR count). The zero-order valence-electron chi connectivity index (χ0n) is 14.7. The lowest BCUT2D eigenvalue weighted by atomic mass is 10.1. The van der Waals surface area contributed by atoms with Gasteiger partial charge in [-0.3, -0.25) is 4.79 Å². The average molecular weight is 331 g/mol. The van der Waals surface area contributed by atoms with E-state index < -0.39 is 0 Å². The Labute approximate surface area is 147 Å². The van der Waals surface area contributed by atoms with Crippen molar-refractivity contribution >= 4 is 11.5 Å². The number of ketones is 1. The highest BCUT2D eigenvalue weighted by atomic mass is 16.1. The van der Waals surface area contributed by atoms with Crippen molar-refractivity contribution in [2.75, 3.05) is 5.32 Å². The number of para-hydroxylation sites is 2. The van der Waals surface area contributed by atoms with E-state index in [0.29, 0.717) is 5.56 Å². The van der Waals surface area contributed by atoms with Crippen LogP contribution in [0.4, 0.5) is 5.69 Å². The fourth-order valence-corrected chi connectivity index (χ4v) is 2.77. The van der Waals surface area contributed by atoms with Gasteiger partial charge in [0.05, 0.1) is 17.1 Å². The van der Waals surface area contributed by atoms with Crippen LogP contribution in [0, 0.1) is 13.8 Å². The largest absolute Gasteiger partial charge is 0.357 e. The normalized spacial score (nSPS) is 11.4. The highest BCUT2D eigenvalue weighted by molar-refractivity contribution is 6.05. The molecular weight excluding hydrogens is 310 g/mol. The maximum absolute atomic E-state index is 12.3. The van der Waals surface area contributed by atoms with Crippen molar-refractivity contribution < 1.29 is 4.79 Å². The summed E-state index contributed by atoms with van der Waals surface area (Å²) in [5, 5.41) is 7.87. The third-order valence-electron chi connectivity index (χ3n) is 3.88. The van der Waals surface area contributed by atoms with E-state index in [9.17, 15) is 4.79 Å². The Morgan fingerprint density at radius 2 is 1.72 bits per heavy atom. The number of rotatable bonds is 5. The third-order valence-corrected chi connectivity index (χ3v) is 3.88. The Balaban J connectivity index is 1.87. The third kappa shape index (κ3) is 3.86. The van der Waals surface area contributed by atoms with Gasteiger partial charge in [-0.15, -0.1) is 0 Å². The molecule has 1 N–H and O–H groups in total. The summed E-state index contributed by atoms with van der Waals surface area (Å²) in [6.07, 6.45) is 1.62. The van der Waals surface area contributed by atoms with Gasteiger partial charge in [-0.25, -0.2) is 4.68 Å². The van der Waals surface area contributed by atoms with Crippen molar-refractivity contribution in [3.63, 3.8) is 0 Å². The van der Waals surface area contributed by atoms with E-state index in [1.807, 2.05) is 86.1 Å². The van der Waals surface area contributed by atoms with Gasteiger partial charge in [-0.05, 0) is 39.0 Å². The number of hydrogen-bond acceptors (Lipinski definition) is 3. The Morgan fingerprint density at radius 3 is 2.40 bits per heavy atom. The molecule has 0 saturated heterocycles. The molecular formula is C21H21N3O. The van der Waals surface area contributed by atoms with Crippen LogP contribution in [0.1, 0.15) is 28.7 Å². The summed E-state index contributed by atoms with van der Waals surface area (Å²) in [6.45, 7) is 5.89. The molecule has 0 saturated carbocycles. The molecule has 0 radical (unpaired) electrons. The van der Waals surface area contributed by atoms with Crippen LogP contribution in [0.3, 0.4) is 0 Å². The minimum absolute atomic E-state index is 0.0193. The molecule has 0 aliphatic rings. The maximum Gasteiger partial charge on any atom is 0.187 e. The standard InChI is InChI=1S/C21H21N3O/c1-15(14-21(25)18-9-5-4-6-10-18)22-19-11-7-8-12-20(19)24-17(3)13-16(2)23-24/h4-14,22H,1-3H3/b15-14+. The van der Waals surface area contributed by atoms with E-state index in [2.05, 4.69) is 10.4 Å². The molecule has 0 bridgehead atoms. The van der Waals surface area contributed by atoms with Gasteiger partial charge in [0.25, 0.3) is 0 Å². The number of carbonyl (C=O) groups is 1. The fraction of sp³-hybridized carbons (Fsp3) is 0.143. The smallest absolute Gasteiger partial charge is 0.187 e. The lowest BCUT2D eigenvalue weighted by molar-refractivity contribution is 0.104. The van der Waals surface area contributed by atoms with Crippen LogP contribution in [0.25, 0.3) is 5.69 Å². The molecule has 25 heavy (non-hydrogen) atoms. The second-order valence-electron chi connectivity index (χ2n) is 6.04. The summed E-state index contributed by atoms with van der Waals surface area (Å²) < 4.78 is 1.91. The SMILES string of the molecule is C/C(=C\C(=O)c1ccccc1)Nc1ccccc1-n1nc(C)cc1C. The topological polar surface area (TPSA) is 46.9 Å². The minimum atomic E-state index is -0.0193. The van der Waals surface area contributed by atoms with Crippen molar-refractivity contribution in [2.45, 2.75) is 20.8 Å². The van der Waals surface area contributed by atoms with Gasteiger partial charge < -0.3 is 5.32 Å². The van der Waals surface area contributed by atoms with Crippen LogP contribution < -0.4 is 5.32 Å². The van der Waals surface area contributed by atoms with Crippen LogP contribution in [-0.2, 0) is 0 Å². The van der Waals surface area contributed by atoms with Crippen LogP contribution in [0.2, 0.25) is 0 Å². The summed E-state index contributed by atoms with van der Waals surface area (Å²) in [7, 11) is 0. The van der Waals surface area contributed by atoms with Gasteiger partial charge in [-0.2, -0.15) is 5.10 Å². The highest BCUT2D eigenvalue weighted by Crippen LogP contribution is 2.23. The van der Waals surface area contributed by atoms with Crippen molar-refractivity contribution in [3.05, 3.63) is 89.4 Å². The van der Waals surface area contributed by atoms with Gasteiger partial charge >= 0.3 is 0 Å². The number of anilines is 1. The molecule has 4 heteroatoms. The number of nitrogens with zero attached hydrogens (tertiary/aromatic N) is 2. The molecule has 0 atom stereocenters. The number of aryl methyl sites for hydroxylation is 2. The summed E-state index contributed by atoms with van der Waals surface area (Å²) in [5.74, 6) is -0.0193. The van der Waals surface area contributed by atoms with Gasteiger partial charge in [0.1, 0.15) is 0 Å². The Hall–Kier alpha value is -3.14. The van der Waals surface area contributed by atoms with Crippen molar-refractivity contribution in [2.24, 2.45) is 0 Å². The van der Waals surface area contributed by atoms with Crippen molar-refractivity contribution in [3.8, 4) is 5.69 Å². The van der Waals surface area contributed by atoms with Gasteiger partial charge in [0.15, 0.2) is 5.78 Å². The molecule has 0 fully saturated rings. The number of carbonyl (C=O) groups excluding carboxylic acids is 1. The van der Waals surface area contributed by atoms with E-state index in [-0.39, 0.29) is 5.78 Å². The Kier molecular flexibility index (Phi) is 4.80. The number of hydrogen-bond donors (Lipinski definition) is 1. The van der Waals surface area contributed by atoms with E-state index in [0.717, 1.165) is 28.5 Å². The molecule has 1 heterocycles. The summed E-state index contributed by atoms with van der Waals surface area (Å²) >= 11 is 0. The zero-order valence-corrected chi connectivity index (χ0v) is 14.7. The molecule has 1 aromatic heterocycles. The number of allylic oxidation sites excluding steroid dienone is 2. The number of benzene rings is 2. The van der Waals surface area contributed by atoms with E-state index in [1.165, 1.54) is 0 Å². The van der Waals surface area contributed by atoms with E-state index >= 15 is 0 Å². The molecule has 0 amide bonds. The first kappa shape index (κ1) is 16.7. The molecule has 0 unspecified atom stereocenters. The van der Waals surface area contributed by atoms with Gasteiger partial charge in [0.2, 0.25) is 0 Å². The van der Waals surface area contributed by atoms with Crippen LogP contribution >= 0.6 is 0 Å². The predicted molar refractivity (Wildman–Crippen MR) is 101 cm³/mol. The quantitative estimate of drug-likeness (QED) is 0.545. The van der Waals surface area contributed by atoms with E-state index in [1.54, 1.807) is 6.08 Å². The Bertz CT molecular complexity index is 923. The molecule has 0 spiro atoms. The minimum Gasteiger partial charge on any atom is -0.357 e. The maximum atomic E-state index is 12.3. The van der Waals surface area contributed by atoms with Gasteiger partial charge in [0, 0.05) is 23.0 Å². The Morgan fingerprint density at radius 1 is 1.04 bits per heavy atom. The lowest BCUT2D eigenvalue weighted by Crippen LogP contribution is -2.06. The molecule has 0 aliphatic carbocycles. The molecule has 0 aliphatic heterocycles. The lowest BCUT2D eigenvalue weighted by Gasteiger charge is -2.13. The van der Waals surface area contributed by atoms with Gasteiger partial charge in [-0.1, -0.05) is 42.5 Å². The van der Waals surface area contributed by atoms with Crippen molar-refractivity contribution in [1.82, 2.24) is 9.78 Å². The molecule has 126 valence electrons. The molecule has 2 aromatic carbocycles. The zero-order chi connectivity index (χ0) is 17.8. The van der Waals surface area contributed by atoms with E-state index in [4.69, 9.17) is 0 Å². The first-order valence-electron chi connectivity index (χ1n) is 8.22. The summed E-state index contributed by atoms with van der Waals surface area (Å²) in [5.41, 5.74) is 5.35. The average Bonchev–Trinajstić information content (AvgIpc) is 2.94. The van der Waals surface area contributed by atoms with Crippen LogP contribution in [0.5, 0.6) is 0 Å². The van der Waals surface area contributed by atoms with Crippen LogP contribution in [-0.4, -0.2) is 15.6 Å².